The molecule has 3 nitrogen and oxygen atoms in total. The lowest BCUT2D eigenvalue weighted by molar-refractivity contribution is 0.0236. The van der Waals surface area contributed by atoms with Crippen molar-refractivity contribution in [3.05, 3.63) is 35.1 Å². The fraction of sp³-hybridized carbons (Fsp3) is 0.571. The van der Waals surface area contributed by atoms with Crippen molar-refractivity contribution in [1.29, 1.82) is 0 Å². The number of allylic oxidation sites excluding steroid dienone is 2. The van der Waals surface area contributed by atoms with E-state index < -0.39 is 5.60 Å². The number of unbranched alkanes of at least 4 members (excludes halogenated alkanes) is 2. The van der Waals surface area contributed by atoms with Crippen LogP contribution in [-0.4, -0.2) is 11.4 Å². The molecule has 0 amide bonds. The number of aryl methyl sites for hydroxylation is 1. The highest BCUT2D eigenvalue weighted by Gasteiger charge is 2.44. The van der Waals surface area contributed by atoms with Crippen molar-refractivity contribution in [2.75, 3.05) is 0 Å². The zero-order valence-corrected chi connectivity index (χ0v) is 15.3. The van der Waals surface area contributed by atoms with Gasteiger partial charge in [-0.15, -0.1) is 0 Å². The number of Topliss-reactive ketones (excluding diaryl/α,β-unsaturated/α-hetero) is 1. The van der Waals surface area contributed by atoms with Crippen molar-refractivity contribution in [3.63, 3.8) is 0 Å². The van der Waals surface area contributed by atoms with E-state index in [1.54, 1.807) is 0 Å². The summed E-state index contributed by atoms with van der Waals surface area (Å²) in [5.41, 5.74) is 1.34. The van der Waals surface area contributed by atoms with Crippen LogP contribution in [-0.2, 0) is 6.42 Å². The van der Waals surface area contributed by atoms with Crippen LogP contribution in [0.3, 0.4) is 0 Å². The number of ether oxygens (including phenoxy) is 2. The van der Waals surface area contributed by atoms with Crippen LogP contribution in [0.2, 0.25) is 0 Å². The van der Waals surface area contributed by atoms with Gasteiger partial charge in [-0.3, -0.25) is 4.79 Å². The summed E-state index contributed by atoms with van der Waals surface area (Å²) in [5.74, 6) is 2.26. The minimum absolute atomic E-state index is 0.125. The Hall–Kier alpha value is -1.77. The van der Waals surface area contributed by atoms with E-state index in [9.17, 15) is 4.79 Å². The van der Waals surface area contributed by atoms with Gasteiger partial charge in [0.15, 0.2) is 5.78 Å². The predicted molar refractivity (Wildman–Crippen MR) is 95.8 cm³/mol. The topological polar surface area (TPSA) is 35.5 Å². The van der Waals surface area contributed by atoms with Gasteiger partial charge >= 0.3 is 0 Å². The molecule has 0 aromatic heterocycles. The molecule has 0 saturated carbocycles. The highest BCUT2D eigenvalue weighted by Crippen LogP contribution is 2.45. The molecule has 3 heteroatoms. The van der Waals surface area contributed by atoms with Gasteiger partial charge in [0.25, 0.3) is 0 Å². The van der Waals surface area contributed by atoms with E-state index in [1.165, 1.54) is 18.4 Å². The van der Waals surface area contributed by atoms with Gasteiger partial charge in [0, 0.05) is 0 Å². The fourth-order valence-corrected chi connectivity index (χ4v) is 3.76. The first-order valence-electron chi connectivity index (χ1n) is 9.17. The van der Waals surface area contributed by atoms with E-state index in [0.29, 0.717) is 17.1 Å². The molecule has 0 spiro atoms. The second-order valence-corrected chi connectivity index (χ2v) is 7.54. The van der Waals surface area contributed by atoms with Crippen molar-refractivity contribution in [1.82, 2.24) is 0 Å². The molecule has 2 heterocycles. The number of ketones is 1. The molecule has 1 atom stereocenters. The molecule has 1 aromatic rings. The Morgan fingerprint density at radius 2 is 1.96 bits per heavy atom. The number of rotatable bonds is 4. The van der Waals surface area contributed by atoms with E-state index >= 15 is 0 Å². The van der Waals surface area contributed by atoms with Crippen molar-refractivity contribution in [2.24, 2.45) is 5.92 Å². The second kappa shape index (κ2) is 6.62. The van der Waals surface area contributed by atoms with Crippen molar-refractivity contribution < 1.29 is 14.3 Å². The van der Waals surface area contributed by atoms with Gasteiger partial charge in [-0.1, -0.05) is 19.8 Å². The lowest BCUT2D eigenvalue weighted by atomic mass is 9.78. The molecule has 0 N–H and O–H groups in total. The Labute approximate surface area is 145 Å². The molecule has 0 aliphatic carbocycles. The van der Waals surface area contributed by atoms with Crippen LogP contribution >= 0.6 is 0 Å². The van der Waals surface area contributed by atoms with Gasteiger partial charge in [0.05, 0.1) is 11.7 Å². The SMILES string of the molecule is CCCCCc1cc2c3c(c1)OC(C)(C)[C@H](CCC=C(C)O2)C3=O. The first-order chi connectivity index (χ1) is 11.4. The first-order valence-corrected chi connectivity index (χ1v) is 9.17. The van der Waals surface area contributed by atoms with Crippen molar-refractivity contribution in [3.8, 4) is 11.5 Å². The first kappa shape index (κ1) is 17.1. The molecule has 130 valence electrons. The average molecular weight is 328 g/mol. The van der Waals surface area contributed by atoms with Gasteiger partial charge in [-0.25, -0.2) is 0 Å². The third-order valence-electron chi connectivity index (χ3n) is 5.13. The number of carbonyl (C=O) groups is 1. The van der Waals surface area contributed by atoms with Crippen LogP contribution in [0.4, 0.5) is 0 Å². The van der Waals surface area contributed by atoms with Crippen LogP contribution in [0.5, 0.6) is 11.5 Å². The number of fused-ring (bicyclic) bond motifs is 1. The highest BCUT2D eigenvalue weighted by atomic mass is 16.5. The monoisotopic (exact) mass is 328 g/mol. The standard InChI is InChI=1S/C21H28O3/c1-5-6-7-10-15-12-17-19-18(13-15)24-21(3,4)16(20(19)22)11-8-9-14(2)23-17/h9,12-13,16H,5-8,10-11H2,1-4H3/t16-/m1/s1. The summed E-state index contributed by atoms with van der Waals surface area (Å²) in [6, 6.07) is 4.08. The third kappa shape index (κ3) is 3.22. The maximum atomic E-state index is 13.1. The molecule has 2 aliphatic rings. The molecule has 24 heavy (non-hydrogen) atoms. The maximum Gasteiger partial charge on any atom is 0.177 e. The van der Waals surface area contributed by atoms with Crippen LogP contribution in [0.1, 0.15) is 75.7 Å². The van der Waals surface area contributed by atoms with E-state index in [1.807, 2.05) is 32.9 Å². The molecule has 3 rings (SSSR count). The minimum atomic E-state index is -0.477. The summed E-state index contributed by atoms with van der Waals surface area (Å²) in [6.07, 6.45) is 8.25. The molecule has 0 radical (unpaired) electrons. The van der Waals surface area contributed by atoms with Crippen LogP contribution in [0, 0.1) is 5.92 Å². The summed E-state index contributed by atoms with van der Waals surface area (Å²) < 4.78 is 12.3. The molecule has 2 bridgehead atoms. The molecule has 0 saturated heterocycles. The number of benzene rings is 1. The van der Waals surface area contributed by atoms with E-state index in [4.69, 9.17) is 9.47 Å². The molecular weight excluding hydrogens is 300 g/mol. The molecule has 0 unspecified atom stereocenters. The zero-order chi connectivity index (χ0) is 17.3. The summed E-state index contributed by atoms with van der Waals surface area (Å²) in [5, 5.41) is 0. The van der Waals surface area contributed by atoms with Gasteiger partial charge in [-0.2, -0.15) is 0 Å². The van der Waals surface area contributed by atoms with Gasteiger partial charge in [0.1, 0.15) is 22.7 Å². The van der Waals surface area contributed by atoms with E-state index in [-0.39, 0.29) is 11.7 Å². The Kier molecular flexibility index (Phi) is 4.71. The van der Waals surface area contributed by atoms with E-state index in [0.717, 1.165) is 31.4 Å². The Balaban J connectivity index is 2.07. The predicted octanol–water partition coefficient (Wildman–Crippen LogP) is 5.47. The molecular formula is C21H28O3. The van der Waals surface area contributed by atoms with Crippen molar-refractivity contribution >= 4 is 5.78 Å². The molecule has 1 aromatic carbocycles. The maximum absolute atomic E-state index is 13.1. The van der Waals surface area contributed by atoms with Gasteiger partial charge in [-0.05, 0) is 70.2 Å². The summed E-state index contributed by atoms with van der Waals surface area (Å²) >= 11 is 0. The van der Waals surface area contributed by atoms with E-state index in [2.05, 4.69) is 13.0 Å². The second-order valence-electron chi connectivity index (χ2n) is 7.54. The Morgan fingerprint density at radius 1 is 1.21 bits per heavy atom. The average Bonchev–Trinajstić information content (AvgIpc) is 2.54. The minimum Gasteiger partial charge on any atom is -0.486 e. The van der Waals surface area contributed by atoms with Gasteiger partial charge in [0.2, 0.25) is 0 Å². The highest BCUT2D eigenvalue weighted by molar-refractivity contribution is 6.04. The zero-order valence-electron chi connectivity index (χ0n) is 15.3. The third-order valence-corrected chi connectivity index (χ3v) is 5.13. The van der Waals surface area contributed by atoms with Crippen LogP contribution in [0.25, 0.3) is 0 Å². The lowest BCUT2D eigenvalue weighted by Gasteiger charge is -2.39. The Bertz CT molecular complexity index is 670. The van der Waals surface area contributed by atoms with Gasteiger partial charge < -0.3 is 9.47 Å². The quantitative estimate of drug-likeness (QED) is 0.688. The molecule has 0 fully saturated rings. The lowest BCUT2D eigenvalue weighted by Crippen LogP contribution is -2.46. The van der Waals surface area contributed by atoms with Crippen LogP contribution < -0.4 is 9.47 Å². The number of hydrogen-bond donors (Lipinski definition) is 0. The largest absolute Gasteiger partial charge is 0.486 e. The number of hydrogen-bond acceptors (Lipinski definition) is 3. The normalized spacial score (nSPS) is 21.8. The Morgan fingerprint density at radius 3 is 2.71 bits per heavy atom. The van der Waals surface area contributed by atoms with Crippen LogP contribution in [0.15, 0.2) is 24.0 Å². The number of carbonyl (C=O) groups excluding carboxylic acids is 1. The summed E-state index contributed by atoms with van der Waals surface area (Å²) in [4.78, 5) is 13.1. The summed E-state index contributed by atoms with van der Waals surface area (Å²) in [6.45, 7) is 8.21. The fourth-order valence-electron chi connectivity index (χ4n) is 3.76. The summed E-state index contributed by atoms with van der Waals surface area (Å²) in [7, 11) is 0. The van der Waals surface area contributed by atoms with Crippen molar-refractivity contribution in [2.45, 2.75) is 71.8 Å². The smallest absolute Gasteiger partial charge is 0.177 e. The molecule has 2 aliphatic heterocycles.